The average molecular weight is 357 g/mol. The van der Waals surface area contributed by atoms with Gasteiger partial charge in [0, 0.05) is 45.2 Å². The van der Waals surface area contributed by atoms with Crippen LogP contribution in [-0.4, -0.2) is 66.6 Å². The predicted molar refractivity (Wildman–Crippen MR) is 102 cm³/mol. The zero-order valence-corrected chi connectivity index (χ0v) is 15.8. The Kier molecular flexibility index (Phi) is 5.46. The molecule has 0 radical (unpaired) electrons. The lowest BCUT2D eigenvalue weighted by molar-refractivity contribution is -0.133. The summed E-state index contributed by atoms with van der Waals surface area (Å²) in [6.45, 7) is 6.75. The van der Waals surface area contributed by atoms with Gasteiger partial charge in [0.2, 0.25) is 5.91 Å². The number of nitrogens with one attached hydrogen (secondary N) is 1. The highest BCUT2D eigenvalue weighted by molar-refractivity contribution is 5.82. The van der Waals surface area contributed by atoms with E-state index in [-0.39, 0.29) is 18.1 Å². The van der Waals surface area contributed by atoms with Gasteiger partial charge in [-0.2, -0.15) is 0 Å². The van der Waals surface area contributed by atoms with Crippen LogP contribution in [0.3, 0.4) is 0 Å². The van der Waals surface area contributed by atoms with E-state index in [0.29, 0.717) is 0 Å². The van der Waals surface area contributed by atoms with E-state index in [0.717, 1.165) is 57.4 Å². The van der Waals surface area contributed by atoms with Crippen molar-refractivity contribution < 1.29 is 9.53 Å². The van der Waals surface area contributed by atoms with Crippen molar-refractivity contribution in [2.75, 3.05) is 32.7 Å². The second-order valence-corrected chi connectivity index (χ2v) is 8.05. The van der Waals surface area contributed by atoms with E-state index >= 15 is 0 Å². The molecule has 1 aliphatic carbocycles. The van der Waals surface area contributed by atoms with E-state index in [2.05, 4.69) is 34.2 Å². The first-order valence-corrected chi connectivity index (χ1v) is 10.2. The second kappa shape index (κ2) is 7.97. The Morgan fingerprint density at radius 2 is 2.04 bits per heavy atom. The SMILES string of the molecule is Cc1cccc(O[C@@H]2CN[C@@H](C(=O)N3CCCN(C4CCC4)CC3)C2)c1. The zero-order chi connectivity index (χ0) is 17.9. The number of carbonyl (C=O) groups excluding carboxylic acids is 1. The molecule has 5 heteroatoms. The molecule has 3 aliphatic rings. The average Bonchev–Trinajstić information content (AvgIpc) is 2.90. The van der Waals surface area contributed by atoms with Crippen LogP contribution in [0.5, 0.6) is 5.75 Å². The van der Waals surface area contributed by atoms with Crippen molar-refractivity contribution in [2.24, 2.45) is 0 Å². The molecular weight excluding hydrogens is 326 g/mol. The molecule has 1 N–H and O–H groups in total. The van der Waals surface area contributed by atoms with Crippen molar-refractivity contribution in [3.63, 3.8) is 0 Å². The smallest absolute Gasteiger partial charge is 0.239 e. The third kappa shape index (κ3) is 4.04. The summed E-state index contributed by atoms with van der Waals surface area (Å²) in [5.74, 6) is 1.16. The van der Waals surface area contributed by atoms with Gasteiger partial charge in [-0.1, -0.05) is 18.6 Å². The fourth-order valence-corrected chi connectivity index (χ4v) is 4.36. The minimum absolute atomic E-state index is 0.0733. The topological polar surface area (TPSA) is 44.8 Å². The highest BCUT2D eigenvalue weighted by Crippen LogP contribution is 2.26. The summed E-state index contributed by atoms with van der Waals surface area (Å²) in [4.78, 5) is 17.6. The van der Waals surface area contributed by atoms with E-state index < -0.39 is 0 Å². The van der Waals surface area contributed by atoms with Gasteiger partial charge in [-0.15, -0.1) is 0 Å². The standard InChI is InChI=1S/C21H31N3O2/c1-16-5-2-8-18(13-16)26-19-14-20(22-15-19)21(25)24-10-4-9-23(11-12-24)17-6-3-7-17/h2,5,8,13,17,19-20,22H,3-4,6-7,9-12,14-15H2,1H3/t19-,20+/m0/s1. The molecular formula is C21H31N3O2. The number of hydrogen-bond acceptors (Lipinski definition) is 4. The molecule has 1 amide bonds. The lowest BCUT2D eigenvalue weighted by Gasteiger charge is -2.36. The molecule has 0 spiro atoms. The summed E-state index contributed by atoms with van der Waals surface area (Å²) in [5, 5.41) is 3.39. The number of aryl methyl sites for hydroxylation is 1. The first-order chi connectivity index (χ1) is 12.7. The number of carbonyl (C=O) groups is 1. The van der Waals surface area contributed by atoms with Crippen molar-refractivity contribution in [3.05, 3.63) is 29.8 Å². The number of nitrogens with zero attached hydrogens (tertiary/aromatic N) is 2. The summed E-state index contributed by atoms with van der Waals surface area (Å²) < 4.78 is 6.08. The molecule has 0 bridgehead atoms. The number of amides is 1. The first-order valence-electron chi connectivity index (χ1n) is 10.2. The third-order valence-corrected chi connectivity index (χ3v) is 6.11. The summed E-state index contributed by atoms with van der Waals surface area (Å²) in [7, 11) is 0. The van der Waals surface area contributed by atoms with Crippen LogP contribution in [0, 0.1) is 6.92 Å². The summed E-state index contributed by atoms with van der Waals surface area (Å²) in [6.07, 6.45) is 5.99. The lowest BCUT2D eigenvalue weighted by Crippen LogP contribution is -2.46. The van der Waals surface area contributed by atoms with Crippen LogP contribution in [0.15, 0.2) is 24.3 Å². The molecule has 2 aliphatic heterocycles. The Morgan fingerprint density at radius 3 is 2.81 bits per heavy atom. The summed E-state index contributed by atoms with van der Waals surface area (Å²) in [6, 6.07) is 8.81. The van der Waals surface area contributed by atoms with Gasteiger partial charge in [0.1, 0.15) is 11.9 Å². The van der Waals surface area contributed by atoms with Gasteiger partial charge in [0.05, 0.1) is 6.04 Å². The quantitative estimate of drug-likeness (QED) is 0.897. The van der Waals surface area contributed by atoms with Crippen molar-refractivity contribution in [1.29, 1.82) is 0 Å². The van der Waals surface area contributed by atoms with Crippen molar-refractivity contribution in [3.8, 4) is 5.75 Å². The number of rotatable bonds is 4. The van der Waals surface area contributed by atoms with Crippen LogP contribution in [0.4, 0.5) is 0 Å². The predicted octanol–water partition coefficient (Wildman–Crippen LogP) is 2.19. The number of hydrogen-bond donors (Lipinski definition) is 1. The zero-order valence-electron chi connectivity index (χ0n) is 15.8. The maximum atomic E-state index is 13.0. The Labute approximate surface area is 156 Å². The van der Waals surface area contributed by atoms with Crippen LogP contribution in [0.1, 0.15) is 37.7 Å². The van der Waals surface area contributed by atoms with Crippen LogP contribution in [0.2, 0.25) is 0 Å². The van der Waals surface area contributed by atoms with Gasteiger partial charge < -0.3 is 15.0 Å². The molecule has 0 unspecified atom stereocenters. The van der Waals surface area contributed by atoms with Gasteiger partial charge in [0.15, 0.2) is 0 Å². The molecule has 4 rings (SSSR count). The molecule has 2 atom stereocenters. The third-order valence-electron chi connectivity index (χ3n) is 6.11. The highest BCUT2D eigenvalue weighted by atomic mass is 16.5. The normalized spacial score (nSPS) is 27.8. The lowest BCUT2D eigenvalue weighted by atomic mass is 9.91. The monoisotopic (exact) mass is 357 g/mol. The van der Waals surface area contributed by atoms with Crippen LogP contribution in [0.25, 0.3) is 0 Å². The molecule has 142 valence electrons. The van der Waals surface area contributed by atoms with Crippen molar-refractivity contribution >= 4 is 5.91 Å². The maximum absolute atomic E-state index is 13.0. The van der Waals surface area contributed by atoms with Gasteiger partial charge in [-0.25, -0.2) is 0 Å². The first kappa shape index (κ1) is 17.8. The largest absolute Gasteiger partial charge is 0.489 e. The molecule has 1 saturated carbocycles. The van der Waals surface area contributed by atoms with Gasteiger partial charge in [-0.3, -0.25) is 9.69 Å². The number of ether oxygens (including phenoxy) is 1. The molecule has 26 heavy (non-hydrogen) atoms. The van der Waals surface area contributed by atoms with E-state index in [9.17, 15) is 4.79 Å². The molecule has 1 aromatic carbocycles. The summed E-state index contributed by atoms with van der Waals surface area (Å²) >= 11 is 0. The van der Waals surface area contributed by atoms with E-state index in [1.165, 1.54) is 24.8 Å². The van der Waals surface area contributed by atoms with Crippen molar-refractivity contribution in [2.45, 2.75) is 57.2 Å². The molecule has 0 aromatic heterocycles. The molecule has 2 saturated heterocycles. The highest BCUT2D eigenvalue weighted by Gasteiger charge is 2.35. The maximum Gasteiger partial charge on any atom is 0.239 e. The van der Waals surface area contributed by atoms with E-state index in [1.807, 2.05) is 12.1 Å². The molecule has 2 heterocycles. The Morgan fingerprint density at radius 1 is 1.15 bits per heavy atom. The fraction of sp³-hybridized carbons (Fsp3) is 0.667. The minimum Gasteiger partial charge on any atom is -0.489 e. The van der Waals surface area contributed by atoms with Crippen molar-refractivity contribution in [1.82, 2.24) is 15.1 Å². The van der Waals surface area contributed by atoms with Gasteiger partial charge in [0.25, 0.3) is 0 Å². The van der Waals surface area contributed by atoms with Crippen LogP contribution in [-0.2, 0) is 4.79 Å². The minimum atomic E-state index is -0.0972. The fourth-order valence-electron chi connectivity index (χ4n) is 4.36. The van der Waals surface area contributed by atoms with Gasteiger partial charge >= 0.3 is 0 Å². The Balaban J connectivity index is 1.28. The van der Waals surface area contributed by atoms with E-state index in [1.54, 1.807) is 0 Å². The van der Waals surface area contributed by atoms with E-state index in [4.69, 9.17) is 4.74 Å². The van der Waals surface area contributed by atoms with Crippen LogP contribution < -0.4 is 10.1 Å². The molecule has 5 nitrogen and oxygen atoms in total. The Hall–Kier alpha value is -1.59. The molecule has 1 aromatic rings. The summed E-state index contributed by atoms with van der Waals surface area (Å²) in [5.41, 5.74) is 1.20. The second-order valence-electron chi connectivity index (χ2n) is 8.05. The van der Waals surface area contributed by atoms with Gasteiger partial charge in [-0.05, 0) is 43.9 Å². The Bertz CT molecular complexity index is 631. The molecule has 3 fully saturated rings. The van der Waals surface area contributed by atoms with Crippen LogP contribution >= 0.6 is 0 Å². The number of benzene rings is 1.